The summed E-state index contributed by atoms with van der Waals surface area (Å²) in [5.41, 5.74) is 1.58. The fourth-order valence-corrected chi connectivity index (χ4v) is 2.62. The molecule has 0 unspecified atom stereocenters. The van der Waals surface area contributed by atoms with Crippen molar-refractivity contribution in [2.75, 3.05) is 4.90 Å². The Morgan fingerprint density at radius 3 is 2.48 bits per heavy atom. The molecule has 0 aromatic heterocycles. The van der Waals surface area contributed by atoms with E-state index in [0.717, 1.165) is 4.90 Å². The second kappa shape index (κ2) is 5.49. The number of nitro groups is 1. The lowest BCUT2D eigenvalue weighted by Crippen LogP contribution is -2.31. The molecule has 0 aliphatic carbocycles. The number of nitro benzene ring substituents is 1. The van der Waals surface area contributed by atoms with Crippen LogP contribution in [-0.2, 0) is 9.59 Å². The zero-order valence-electron chi connectivity index (χ0n) is 12.2. The van der Waals surface area contributed by atoms with Crippen molar-refractivity contribution in [1.29, 1.82) is 0 Å². The maximum absolute atomic E-state index is 12.6. The number of anilines is 1. The summed E-state index contributed by atoms with van der Waals surface area (Å²) < 4.78 is 0. The van der Waals surface area contributed by atoms with Crippen LogP contribution in [0.25, 0.3) is 11.6 Å². The van der Waals surface area contributed by atoms with Crippen LogP contribution in [0.15, 0.2) is 48.5 Å². The van der Waals surface area contributed by atoms with Crippen molar-refractivity contribution in [3.63, 3.8) is 0 Å². The molecule has 0 N–H and O–H groups in total. The first-order valence-electron chi connectivity index (χ1n) is 6.90. The first-order chi connectivity index (χ1) is 11.0. The molecule has 0 saturated heterocycles. The molecule has 0 saturated carbocycles. The molecule has 2 aromatic carbocycles. The Labute approximate surface area is 131 Å². The molecule has 0 radical (unpaired) electrons. The van der Waals surface area contributed by atoms with Crippen molar-refractivity contribution in [3.8, 4) is 0 Å². The van der Waals surface area contributed by atoms with Crippen LogP contribution in [0.4, 0.5) is 11.4 Å². The zero-order valence-corrected chi connectivity index (χ0v) is 12.2. The van der Waals surface area contributed by atoms with Crippen molar-refractivity contribution >= 4 is 34.8 Å². The van der Waals surface area contributed by atoms with E-state index in [0.29, 0.717) is 16.8 Å². The quantitative estimate of drug-likeness (QED) is 0.485. The number of benzene rings is 2. The molecule has 0 spiro atoms. The van der Waals surface area contributed by atoms with E-state index in [4.69, 9.17) is 0 Å². The first kappa shape index (κ1) is 14.6. The number of para-hydroxylation sites is 2. The Morgan fingerprint density at radius 1 is 1.13 bits per heavy atom. The van der Waals surface area contributed by atoms with Gasteiger partial charge >= 0.3 is 0 Å². The molecule has 6 nitrogen and oxygen atoms in total. The van der Waals surface area contributed by atoms with E-state index >= 15 is 0 Å². The minimum absolute atomic E-state index is 0.0912. The van der Waals surface area contributed by atoms with E-state index in [-0.39, 0.29) is 11.3 Å². The van der Waals surface area contributed by atoms with Gasteiger partial charge in [-0.2, -0.15) is 0 Å². The third-order valence-electron chi connectivity index (χ3n) is 3.62. The number of amides is 2. The summed E-state index contributed by atoms with van der Waals surface area (Å²) in [5.74, 6) is -0.870. The van der Waals surface area contributed by atoms with E-state index in [2.05, 4.69) is 0 Å². The highest BCUT2D eigenvalue weighted by Gasteiger charge is 2.35. The summed E-state index contributed by atoms with van der Waals surface area (Å²) in [6.07, 6.45) is 1.46. The van der Waals surface area contributed by atoms with Crippen LogP contribution < -0.4 is 4.90 Å². The van der Waals surface area contributed by atoms with Gasteiger partial charge in [-0.25, -0.2) is 4.90 Å². The molecule has 2 amide bonds. The molecule has 3 rings (SSSR count). The number of rotatable bonds is 2. The maximum Gasteiger partial charge on any atom is 0.276 e. The average Bonchev–Trinajstić information content (AvgIpc) is 2.80. The van der Waals surface area contributed by atoms with Gasteiger partial charge in [-0.1, -0.05) is 30.3 Å². The van der Waals surface area contributed by atoms with Gasteiger partial charge in [-0.05, 0) is 18.2 Å². The fraction of sp³-hybridized carbons (Fsp3) is 0.0588. The maximum atomic E-state index is 12.6. The van der Waals surface area contributed by atoms with Crippen molar-refractivity contribution < 1.29 is 14.5 Å². The summed E-state index contributed by atoms with van der Waals surface area (Å²) in [4.78, 5) is 36.0. The van der Waals surface area contributed by atoms with Crippen LogP contribution in [0.3, 0.4) is 0 Å². The summed E-state index contributed by atoms with van der Waals surface area (Å²) >= 11 is 0. The molecule has 2 aromatic rings. The van der Waals surface area contributed by atoms with E-state index in [1.165, 1.54) is 19.1 Å². The highest BCUT2D eigenvalue weighted by Crippen LogP contribution is 2.38. The number of nitrogens with zero attached hydrogens (tertiary/aromatic N) is 2. The lowest BCUT2D eigenvalue weighted by molar-refractivity contribution is -0.385. The monoisotopic (exact) mass is 308 g/mol. The van der Waals surface area contributed by atoms with Gasteiger partial charge < -0.3 is 0 Å². The second-order valence-electron chi connectivity index (χ2n) is 5.05. The minimum Gasteiger partial charge on any atom is -0.274 e. The Morgan fingerprint density at radius 2 is 1.78 bits per heavy atom. The van der Waals surface area contributed by atoms with Gasteiger partial charge in [0, 0.05) is 18.6 Å². The molecule has 0 fully saturated rings. The Hall–Kier alpha value is -3.28. The molecule has 6 heteroatoms. The van der Waals surface area contributed by atoms with Gasteiger partial charge in [0.25, 0.3) is 11.6 Å². The molecular formula is C17H12N2O4. The van der Waals surface area contributed by atoms with E-state index in [1.54, 1.807) is 42.5 Å². The normalized spacial score (nSPS) is 14.9. The zero-order chi connectivity index (χ0) is 16.6. The molecule has 0 atom stereocenters. The Balaban J connectivity index is 2.20. The molecule has 1 aliphatic heterocycles. The summed E-state index contributed by atoms with van der Waals surface area (Å²) in [6, 6.07) is 13.0. The van der Waals surface area contributed by atoms with E-state index in [1.807, 2.05) is 0 Å². The molecule has 23 heavy (non-hydrogen) atoms. The summed E-state index contributed by atoms with van der Waals surface area (Å²) in [6.45, 7) is 1.31. The van der Waals surface area contributed by atoms with Crippen LogP contribution in [0.2, 0.25) is 0 Å². The van der Waals surface area contributed by atoms with Gasteiger partial charge in [0.05, 0.1) is 21.7 Å². The number of fused-ring (bicyclic) bond motifs is 1. The molecule has 114 valence electrons. The summed E-state index contributed by atoms with van der Waals surface area (Å²) in [7, 11) is 0. The van der Waals surface area contributed by atoms with Gasteiger partial charge in [-0.3, -0.25) is 19.7 Å². The number of hydrogen-bond donors (Lipinski definition) is 0. The number of carbonyl (C=O) groups is 2. The topological polar surface area (TPSA) is 80.5 Å². The minimum atomic E-state index is -0.500. The highest BCUT2D eigenvalue weighted by atomic mass is 16.6. The summed E-state index contributed by atoms with van der Waals surface area (Å²) in [5, 5.41) is 11.1. The first-order valence-corrected chi connectivity index (χ1v) is 6.90. The van der Waals surface area contributed by atoms with Crippen molar-refractivity contribution in [2.45, 2.75) is 6.92 Å². The van der Waals surface area contributed by atoms with Crippen LogP contribution in [0.1, 0.15) is 18.1 Å². The largest absolute Gasteiger partial charge is 0.276 e. The molecule has 0 bridgehead atoms. The average molecular weight is 308 g/mol. The third kappa shape index (κ3) is 2.40. The lowest BCUT2D eigenvalue weighted by Gasteiger charge is -2.11. The molecular weight excluding hydrogens is 296 g/mol. The number of imide groups is 1. The fourth-order valence-electron chi connectivity index (χ4n) is 2.62. The van der Waals surface area contributed by atoms with Crippen LogP contribution in [0.5, 0.6) is 0 Å². The van der Waals surface area contributed by atoms with E-state index < -0.39 is 16.7 Å². The van der Waals surface area contributed by atoms with Crippen LogP contribution in [0, 0.1) is 10.1 Å². The Kier molecular flexibility index (Phi) is 3.50. The third-order valence-corrected chi connectivity index (χ3v) is 3.62. The number of carbonyl (C=O) groups excluding carboxylic acids is 2. The van der Waals surface area contributed by atoms with Crippen LogP contribution in [-0.4, -0.2) is 16.7 Å². The van der Waals surface area contributed by atoms with Gasteiger partial charge in [0.15, 0.2) is 0 Å². The van der Waals surface area contributed by atoms with Gasteiger partial charge in [0.2, 0.25) is 5.91 Å². The molecule has 1 heterocycles. The van der Waals surface area contributed by atoms with Crippen molar-refractivity contribution in [3.05, 3.63) is 69.8 Å². The second-order valence-corrected chi connectivity index (χ2v) is 5.05. The predicted molar refractivity (Wildman–Crippen MR) is 85.6 cm³/mol. The highest BCUT2D eigenvalue weighted by molar-refractivity contribution is 6.42. The van der Waals surface area contributed by atoms with Crippen LogP contribution >= 0.6 is 0 Å². The standard InChI is InChI=1S/C17H12N2O4/c1-11(20)18-16-9-5-3-7-13(16)14(17(18)21)10-12-6-2-4-8-15(12)19(22)23/h2-10H,1H3. The Bertz CT molecular complexity index is 870. The predicted octanol–water partition coefficient (Wildman–Crippen LogP) is 3.03. The van der Waals surface area contributed by atoms with Gasteiger partial charge in [0.1, 0.15) is 0 Å². The number of hydrogen-bond acceptors (Lipinski definition) is 4. The molecule has 1 aliphatic rings. The van der Waals surface area contributed by atoms with E-state index in [9.17, 15) is 19.7 Å². The SMILES string of the molecule is CC(=O)N1C(=O)C(=Cc2ccccc2[N+](=O)[O-])c2ccccc21. The van der Waals surface area contributed by atoms with Crippen molar-refractivity contribution in [2.24, 2.45) is 0 Å². The van der Waals surface area contributed by atoms with Gasteiger partial charge in [-0.15, -0.1) is 0 Å². The van der Waals surface area contributed by atoms with Crippen molar-refractivity contribution in [1.82, 2.24) is 0 Å². The lowest BCUT2D eigenvalue weighted by atomic mass is 10.0. The smallest absolute Gasteiger partial charge is 0.274 e.